The predicted molar refractivity (Wildman–Crippen MR) is 147 cm³/mol. The van der Waals surface area contributed by atoms with E-state index in [1.54, 1.807) is 6.07 Å². The Labute approximate surface area is 227 Å². The Kier molecular flexibility index (Phi) is 8.82. The second kappa shape index (κ2) is 11.1. The molecule has 0 saturated carbocycles. The normalized spacial score (nSPS) is 16.2. The third kappa shape index (κ3) is 5.65. The van der Waals surface area contributed by atoms with Crippen LogP contribution < -0.4 is 0 Å². The molecule has 1 N–H and O–H groups in total. The van der Waals surface area contributed by atoms with Crippen LogP contribution in [0.25, 0.3) is 22.3 Å². The van der Waals surface area contributed by atoms with Crippen molar-refractivity contribution in [1.82, 2.24) is 0 Å². The van der Waals surface area contributed by atoms with E-state index < -0.39 is 17.0 Å². The van der Waals surface area contributed by atoms with Gasteiger partial charge < -0.3 is 5.11 Å². The maximum atomic E-state index is 10.1. The molecule has 0 aliphatic heterocycles. The molecule has 1 nitrogen and oxygen atoms in total. The maximum absolute atomic E-state index is 10.1. The van der Waals surface area contributed by atoms with E-state index in [2.05, 4.69) is 97.0 Å². The molecular weight excluding hydrogens is 507 g/mol. The van der Waals surface area contributed by atoms with E-state index in [1.807, 2.05) is 18.2 Å². The summed E-state index contributed by atoms with van der Waals surface area (Å²) in [5.74, 6) is 0.329. The van der Waals surface area contributed by atoms with Gasteiger partial charge in [0.1, 0.15) is 5.75 Å². The number of phenolic OH excluding ortho intramolecular Hbond substituents is 1. The van der Waals surface area contributed by atoms with Crippen molar-refractivity contribution in [3.05, 3.63) is 101 Å². The van der Waals surface area contributed by atoms with Crippen molar-refractivity contribution in [2.45, 2.75) is 53.9 Å². The van der Waals surface area contributed by atoms with E-state index in [9.17, 15) is 5.11 Å². The molecule has 2 aliphatic carbocycles. The summed E-state index contributed by atoms with van der Waals surface area (Å²) in [5.41, 5.74) is 11.7. The number of hydrogen-bond acceptors (Lipinski definition) is 1. The molecule has 2 aliphatic rings. The summed E-state index contributed by atoms with van der Waals surface area (Å²) in [6, 6.07) is 22.7. The van der Waals surface area contributed by atoms with Gasteiger partial charge in [-0.15, -0.1) is 6.92 Å². The van der Waals surface area contributed by atoms with Gasteiger partial charge in [-0.3, -0.25) is 6.08 Å². The molecular formula is C31H33Cl2OTi-. The Hall–Kier alpha value is -1.77. The van der Waals surface area contributed by atoms with Crippen LogP contribution in [0.4, 0.5) is 0 Å². The van der Waals surface area contributed by atoms with Crippen LogP contribution >= 0.6 is 18.6 Å². The molecule has 182 valence electrons. The number of fused-ring (bicyclic) bond motifs is 3. The fourth-order valence-electron chi connectivity index (χ4n) is 5.00. The van der Waals surface area contributed by atoms with Crippen molar-refractivity contribution < 1.29 is 22.1 Å². The first-order chi connectivity index (χ1) is 16.5. The molecule has 3 aromatic rings. The van der Waals surface area contributed by atoms with Gasteiger partial charge in [0.15, 0.2) is 0 Å². The van der Waals surface area contributed by atoms with Crippen molar-refractivity contribution in [3.8, 4) is 28.0 Å². The van der Waals surface area contributed by atoms with E-state index in [4.69, 9.17) is 18.6 Å². The van der Waals surface area contributed by atoms with Gasteiger partial charge in [0.2, 0.25) is 0 Å². The fraction of sp³-hybridized carbons (Fsp3) is 0.290. The number of hydrogen-bond donors (Lipinski definition) is 1. The zero-order valence-corrected chi connectivity index (χ0v) is 24.6. The van der Waals surface area contributed by atoms with Gasteiger partial charge in [0, 0.05) is 11.0 Å². The summed E-state index contributed by atoms with van der Waals surface area (Å²) >= 11 is -0.556. The first-order valence-corrected chi connectivity index (χ1v) is 16.0. The first-order valence-electron chi connectivity index (χ1n) is 11.7. The molecule has 0 aromatic heterocycles. The number of rotatable bonds is 1. The van der Waals surface area contributed by atoms with Crippen molar-refractivity contribution >= 4 is 18.6 Å². The molecule has 0 amide bonds. The minimum atomic E-state index is -0.556. The number of allylic oxidation sites excluding steroid dienone is 4. The first kappa shape index (κ1) is 27.8. The minimum absolute atomic E-state index is 0.00760. The molecule has 4 heteroatoms. The zero-order valence-electron chi connectivity index (χ0n) is 21.6. The summed E-state index contributed by atoms with van der Waals surface area (Å²) in [5, 5.41) is 10.1. The van der Waals surface area contributed by atoms with Crippen molar-refractivity contribution in [3.63, 3.8) is 0 Å². The van der Waals surface area contributed by atoms with Gasteiger partial charge in [-0.1, -0.05) is 102 Å². The number of benzene rings is 3. The quantitative estimate of drug-likeness (QED) is 0.241. The summed E-state index contributed by atoms with van der Waals surface area (Å²) in [6.45, 7) is 15.5. The van der Waals surface area contributed by atoms with E-state index in [1.165, 1.54) is 39.0 Å². The van der Waals surface area contributed by atoms with Crippen molar-refractivity contribution in [1.29, 1.82) is 0 Å². The van der Waals surface area contributed by atoms with Gasteiger partial charge in [0.05, 0.1) is 0 Å². The Morgan fingerprint density at radius 1 is 0.743 bits per heavy atom. The molecule has 3 aromatic carbocycles. The average molecular weight is 540 g/mol. The Morgan fingerprint density at radius 2 is 1.29 bits per heavy atom. The van der Waals surface area contributed by atoms with Gasteiger partial charge in [-0.25, -0.2) is 5.57 Å². The Bertz CT molecular complexity index is 1280. The number of phenols is 1. The summed E-state index contributed by atoms with van der Waals surface area (Å²) in [6.07, 6.45) is 3.44. The van der Waals surface area contributed by atoms with Crippen LogP contribution in [0.15, 0.2) is 83.4 Å². The standard InChI is InChI=1S/C21H18O.C10H15.2ClH.Ti/c1-21(2)18-9-5-3-8-16(18)17-12-11-14(13-19(17)21)15-7-4-6-10-20(15)22;1-7-6-10(4,5)9(3)8(7)2;;;/h3-13,22H,1-2H3;1-5H3;2*1H;/q;-1;;;+2/p-2. The second-order valence-electron chi connectivity index (χ2n) is 10.1. The molecule has 5 rings (SSSR count). The molecule has 0 radical (unpaired) electrons. The molecule has 0 saturated heterocycles. The van der Waals surface area contributed by atoms with Gasteiger partial charge in [-0.2, -0.15) is 11.1 Å². The molecule has 0 unspecified atom stereocenters. The van der Waals surface area contributed by atoms with Crippen molar-refractivity contribution in [2.24, 2.45) is 5.41 Å². The van der Waals surface area contributed by atoms with Crippen molar-refractivity contribution in [2.75, 3.05) is 0 Å². The summed E-state index contributed by atoms with van der Waals surface area (Å²) in [4.78, 5) is 0. The average Bonchev–Trinajstić information content (AvgIpc) is 3.16. The number of para-hydroxylation sites is 1. The van der Waals surface area contributed by atoms with Crippen LogP contribution in [0.3, 0.4) is 0 Å². The summed E-state index contributed by atoms with van der Waals surface area (Å²) in [7, 11) is 9.78. The van der Waals surface area contributed by atoms with Crippen LogP contribution in [0.5, 0.6) is 5.75 Å². The second-order valence-corrected chi connectivity index (χ2v) is 12.7. The molecule has 0 heterocycles. The molecule has 0 atom stereocenters. The van der Waals surface area contributed by atoms with Crippen LogP contribution in [-0.2, 0) is 22.4 Å². The number of halogens is 2. The van der Waals surface area contributed by atoms with Crippen LogP contribution in [0, 0.1) is 11.5 Å². The number of aromatic hydroxyl groups is 1. The monoisotopic (exact) mass is 539 g/mol. The summed E-state index contributed by atoms with van der Waals surface area (Å²) < 4.78 is 0. The van der Waals surface area contributed by atoms with Crippen LogP contribution in [0.2, 0.25) is 0 Å². The third-order valence-corrected chi connectivity index (χ3v) is 7.36. The Morgan fingerprint density at radius 3 is 1.80 bits per heavy atom. The molecule has 0 fully saturated rings. The topological polar surface area (TPSA) is 20.2 Å². The van der Waals surface area contributed by atoms with Gasteiger partial charge >= 0.3 is 35.6 Å². The van der Waals surface area contributed by atoms with E-state index >= 15 is 0 Å². The van der Waals surface area contributed by atoms with Crippen LogP contribution in [0.1, 0.15) is 59.6 Å². The van der Waals surface area contributed by atoms with Crippen LogP contribution in [-0.4, -0.2) is 5.11 Å². The molecule has 0 spiro atoms. The predicted octanol–water partition coefficient (Wildman–Crippen LogP) is 9.85. The van der Waals surface area contributed by atoms with Gasteiger partial charge in [-0.05, 0) is 39.9 Å². The van der Waals surface area contributed by atoms with E-state index in [-0.39, 0.29) is 10.8 Å². The fourth-order valence-corrected chi connectivity index (χ4v) is 5.00. The Balaban J connectivity index is 0.000000221. The zero-order chi connectivity index (χ0) is 26.0. The van der Waals surface area contributed by atoms with E-state index in [0.29, 0.717) is 5.75 Å². The van der Waals surface area contributed by atoms with Gasteiger partial charge in [0.25, 0.3) is 0 Å². The molecule has 0 bridgehead atoms. The van der Waals surface area contributed by atoms with E-state index in [0.717, 1.165) is 11.1 Å². The molecule has 35 heavy (non-hydrogen) atoms. The SMILES string of the molecule is CC1(C)c2ccccc2-c2ccc(-c3ccccc3O)cc21.CC1=[C-]C(C)(C)C(C)=C1C.[Cl][Ti][Cl]. The third-order valence-electron chi connectivity index (χ3n) is 7.36.